The van der Waals surface area contributed by atoms with Crippen LogP contribution in [0, 0.1) is 13.8 Å². The molecule has 1 atom stereocenters. The van der Waals surface area contributed by atoms with Gasteiger partial charge < -0.3 is 15.7 Å². The third-order valence-corrected chi connectivity index (χ3v) is 3.96. The fourth-order valence-corrected chi connectivity index (χ4v) is 2.50. The molecule has 1 aromatic carbocycles. The van der Waals surface area contributed by atoms with E-state index in [1.165, 1.54) is 5.56 Å². The Balaban J connectivity index is 2.00. The van der Waals surface area contributed by atoms with Crippen LogP contribution in [0.3, 0.4) is 0 Å². The smallest absolute Gasteiger partial charge is 0.225 e. The van der Waals surface area contributed by atoms with Crippen molar-refractivity contribution in [3.63, 3.8) is 0 Å². The van der Waals surface area contributed by atoms with Crippen LogP contribution in [0.4, 0.5) is 17.5 Å². The minimum Gasteiger partial charge on any atom is -0.394 e. The highest BCUT2D eigenvalue weighted by molar-refractivity contribution is 5.67. The predicted octanol–water partition coefficient (Wildman–Crippen LogP) is 3.69. The first kappa shape index (κ1) is 17.8. The van der Waals surface area contributed by atoms with Crippen LogP contribution in [0.25, 0.3) is 11.4 Å². The van der Waals surface area contributed by atoms with Gasteiger partial charge in [-0.1, -0.05) is 18.2 Å². The van der Waals surface area contributed by atoms with Crippen molar-refractivity contribution < 1.29 is 5.11 Å². The lowest BCUT2D eigenvalue weighted by Crippen LogP contribution is -2.21. The lowest BCUT2D eigenvalue weighted by molar-refractivity contribution is 0.281. The summed E-state index contributed by atoms with van der Waals surface area (Å²) in [6, 6.07) is 13.7. The molecule has 6 heteroatoms. The van der Waals surface area contributed by atoms with Crippen molar-refractivity contribution in [3.05, 3.63) is 59.8 Å². The highest BCUT2D eigenvalue weighted by Crippen LogP contribution is 2.25. The molecule has 0 saturated heterocycles. The van der Waals surface area contributed by atoms with E-state index in [1.54, 1.807) is 6.20 Å². The van der Waals surface area contributed by atoms with Gasteiger partial charge in [-0.15, -0.1) is 0 Å². The Bertz CT molecular complexity index is 883. The zero-order valence-electron chi connectivity index (χ0n) is 15.2. The van der Waals surface area contributed by atoms with Crippen molar-refractivity contribution in [1.29, 1.82) is 0 Å². The van der Waals surface area contributed by atoms with E-state index in [9.17, 15) is 5.11 Å². The first-order valence-corrected chi connectivity index (χ1v) is 8.57. The Kier molecular flexibility index (Phi) is 5.43. The Morgan fingerprint density at radius 2 is 1.88 bits per heavy atom. The highest BCUT2D eigenvalue weighted by Gasteiger charge is 2.11. The van der Waals surface area contributed by atoms with E-state index in [1.807, 2.05) is 31.2 Å². The number of hydrogen-bond donors (Lipinski definition) is 3. The highest BCUT2D eigenvalue weighted by atomic mass is 16.3. The minimum atomic E-state index is -0.150. The Hall–Kier alpha value is -2.99. The molecule has 0 aliphatic rings. The molecule has 26 heavy (non-hydrogen) atoms. The second-order valence-corrected chi connectivity index (χ2v) is 6.35. The van der Waals surface area contributed by atoms with Gasteiger partial charge in [-0.3, -0.25) is 4.98 Å². The molecule has 6 nitrogen and oxygen atoms in total. The number of benzene rings is 1. The lowest BCUT2D eigenvalue weighted by Gasteiger charge is -2.15. The minimum absolute atomic E-state index is 0.00305. The Morgan fingerprint density at radius 3 is 2.62 bits per heavy atom. The monoisotopic (exact) mass is 349 g/mol. The molecule has 2 heterocycles. The van der Waals surface area contributed by atoms with Gasteiger partial charge in [0.15, 0.2) is 0 Å². The van der Waals surface area contributed by atoms with Crippen LogP contribution in [0.5, 0.6) is 0 Å². The van der Waals surface area contributed by atoms with Gasteiger partial charge in [0.1, 0.15) is 5.82 Å². The predicted molar refractivity (Wildman–Crippen MR) is 105 cm³/mol. The molecule has 0 radical (unpaired) electrons. The Labute approximate surface area is 153 Å². The molecule has 3 rings (SSSR count). The summed E-state index contributed by atoms with van der Waals surface area (Å²) in [6.45, 7) is 5.97. The number of aryl methyl sites for hydroxylation is 2. The number of anilines is 3. The van der Waals surface area contributed by atoms with Crippen molar-refractivity contribution in [2.75, 3.05) is 17.2 Å². The average Bonchev–Trinajstić information content (AvgIpc) is 2.65. The first-order valence-electron chi connectivity index (χ1n) is 8.57. The van der Waals surface area contributed by atoms with Gasteiger partial charge in [0, 0.05) is 24.0 Å². The molecule has 134 valence electrons. The van der Waals surface area contributed by atoms with Crippen LogP contribution in [0.2, 0.25) is 0 Å². The number of aliphatic hydroxyl groups excluding tert-OH is 1. The van der Waals surface area contributed by atoms with Gasteiger partial charge in [-0.2, -0.15) is 4.98 Å². The van der Waals surface area contributed by atoms with Crippen molar-refractivity contribution in [2.24, 2.45) is 0 Å². The zero-order chi connectivity index (χ0) is 18.5. The van der Waals surface area contributed by atoms with E-state index < -0.39 is 0 Å². The number of nitrogens with one attached hydrogen (secondary N) is 2. The molecule has 0 aliphatic carbocycles. The summed E-state index contributed by atoms with van der Waals surface area (Å²) in [5.74, 6) is 1.12. The molecular formula is C20H23N5O. The molecule has 0 saturated carbocycles. The van der Waals surface area contributed by atoms with Crippen LogP contribution in [0.15, 0.2) is 48.7 Å². The summed E-state index contributed by atoms with van der Waals surface area (Å²) in [5, 5.41) is 15.8. The molecule has 2 aromatic heterocycles. The van der Waals surface area contributed by atoms with Gasteiger partial charge in [0.2, 0.25) is 5.95 Å². The maximum Gasteiger partial charge on any atom is 0.225 e. The van der Waals surface area contributed by atoms with Crippen molar-refractivity contribution in [2.45, 2.75) is 26.8 Å². The maximum atomic E-state index is 9.31. The quantitative estimate of drug-likeness (QED) is 0.629. The SMILES string of the molecule is Cc1ccc(C)c(Nc2cc(-c3ccccn3)nc(N[C@@H](C)CO)n2)c1. The van der Waals surface area contributed by atoms with Gasteiger partial charge in [0.05, 0.1) is 18.0 Å². The van der Waals surface area contributed by atoms with Crippen LogP contribution in [-0.2, 0) is 0 Å². The fraction of sp³-hybridized carbons (Fsp3) is 0.250. The normalized spacial score (nSPS) is 11.8. The summed E-state index contributed by atoms with van der Waals surface area (Å²) in [7, 11) is 0. The summed E-state index contributed by atoms with van der Waals surface area (Å²) < 4.78 is 0. The molecule has 0 bridgehead atoms. The van der Waals surface area contributed by atoms with Gasteiger partial charge >= 0.3 is 0 Å². The number of nitrogens with zero attached hydrogens (tertiary/aromatic N) is 3. The van der Waals surface area contributed by atoms with Crippen molar-refractivity contribution in [3.8, 4) is 11.4 Å². The molecule has 0 aliphatic heterocycles. The third-order valence-electron chi connectivity index (χ3n) is 3.96. The van der Waals surface area contributed by atoms with E-state index in [0.29, 0.717) is 17.5 Å². The zero-order valence-corrected chi connectivity index (χ0v) is 15.2. The van der Waals surface area contributed by atoms with Crippen LogP contribution < -0.4 is 10.6 Å². The average molecular weight is 349 g/mol. The van der Waals surface area contributed by atoms with Gasteiger partial charge in [0.25, 0.3) is 0 Å². The molecule has 0 fully saturated rings. The third kappa shape index (κ3) is 4.34. The van der Waals surface area contributed by atoms with Crippen LogP contribution >= 0.6 is 0 Å². The van der Waals surface area contributed by atoms with E-state index in [-0.39, 0.29) is 12.6 Å². The fourth-order valence-electron chi connectivity index (χ4n) is 2.50. The summed E-state index contributed by atoms with van der Waals surface area (Å²) in [6.07, 6.45) is 1.73. The van der Waals surface area contributed by atoms with Crippen LogP contribution in [-0.4, -0.2) is 32.7 Å². The number of rotatable bonds is 6. The van der Waals surface area contributed by atoms with Crippen molar-refractivity contribution in [1.82, 2.24) is 15.0 Å². The summed E-state index contributed by atoms with van der Waals surface area (Å²) >= 11 is 0. The standard InChI is InChI=1S/C20H23N5O/c1-13-7-8-14(2)17(10-13)23-19-11-18(16-6-4-5-9-21-16)24-20(25-19)22-15(3)12-26/h4-11,15,26H,12H2,1-3H3,(H2,22,23,24,25)/t15-/m0/s1. The van der Waals surface area contributed by atoms with E-state index in [2.05, 4.69) is 57.6 Å². The number of aliphatic hydroxyl groups is 1. The number of pyridine rings is 1. The van der Waals surface area contributed by atoms with E-state index in [0.717, 1.165) is 16.9 Å². The van der Waals surface area contributed by atoms with Crippen molar-refractivity contribution >= 4 is 17.5 Å². The molecule has 0 spiro atoms. The number of hydrogen-bond acceptors (Lipinski definition) is 6. The molecule has 3 N–H and O–H groups in total. The largest absolute Gasteiger partial charge is 0.394 e. The molecule has 3 aromatic rings. The van der Waals surface area contributed by atoms with Gasteiger partial charge in [-0.25, -0.2) is 4.98 Å². The Morgan fingerprint density at radius 1 is 1.04 bits per heavy atom. The lowest BCUT2D eigenvalue weighted by atomic mass is 10.1. The van der Waals surface area contributed by atoms with E-state index >= 15 is 0 Å². The van der Waals surface area contributed by atoms with Gasteiger partial charge in [-0.05, 0) is 50.1 Å². The molecule has 0 amide bonds. The number of aromatic nitrogens is 3. The topological polar surface area (TPSA) is 83.0 Å². The molecule has 0 unspecified atom stereocenters. The second kappa shape index (κ2) is 7.93. The maximum absolute atomic E-state index is 9.31. The summed E-state index contributed by atoms with van der Waals surface area (Å²) in [5.41, 5.74) is 4.77. The summed E-state index contributed by atoms with van der Waals surface area (Å²) in [4.78, 5) is 13.5. The second-order valence-electron chi connectivity index (χ2n) is 6.35. The molecular weight excluding hydrogens is 326 g/mol. The first-order chi connectivity index (χ1) is 12.5. The van der Waals surface area contributed by atoms with E-state index in [4.69, 9.17) is 0 Å². The van der Waals surface area contributed by atoms with Crippen LogP contribution in [0.1, 0.15) is 18.1 Å².